The van der Waals surface area contributed by atoms with E-state index in [9.17, 15) is 0 Å². The van der Waals surface area contributed by atoms with Crippen LogP contribution in [0.2, 0.25) is 0 Å². The molecule has 8 nitrogen and oxygen atoms in total. The van der Waals surface area contributed by atoms with Crippen LogP contribution in [0.3, 0.4) is 0 Å². The topological polar surface area (TPSA) is 89.8 Å². The molecule has 0 bridgehead atoms. The van der Waals surface area contributed by atoms with Gasteiger partial charge in [0, 0.05) is 32.6 Å². The van der Waals surface area contributed by atoms with Crippen molar-refractivity contribution in [1.29, 1.82) is 0 Å². The normalized spacial score (nSPS) is 21.4. The van der Waals surface area contributed by atoms with Crippen molar-refractivity contribution < 1.29 is 4.74 Å². The Balaban J connectivity index is 1.79. The fraction of sp³-hybridized carbons (Fsp3) is 0.538. The lowest BCUT2D eigenvalue weighted by Crippen LogP contribution is -2.33. The van der Waals surface area contributed by atoms with Crippen molar-refractivity contribution in [2.75, 3.05) is 30.8 Å². The molecule has 0 radical (unpaired) electrons. The maximum absolute atomic E-state index is 5.76. The molecule has 0 aliphatic carbocycles. The highest BCUT2D eigenvalue weighted by Crippen LogP contribution is 2.25. The summed E-state index contributed by atoms with van der Waals surface area (Å²) in [5.74, 6) is 1.55. The van der Waals surface area contributed by atoms with Gasteiger partial charge in [-0.25, -0.2) is 4.98 Å². The van der Waals surface area contributed by atoms with E-state index < -0.39 is 0 Å². The number of nitrogens with zero attached hydrogens (tertiary/aromatic N) is 5. The van der Waals surface area contributed by atoms with Gasteiger partial charge in [-0.3, -0.25) is 4.57 Å². The number of nitrogens with one attached hydrogen (secondary N) is 2. The highest BCUT2D eigenvalue weighted by molar-refractivity contribution is 5.37. The molecule has 0 amide bonds. The van der Waals surface area contributed by atoms with Crippen molar-refractivity contribution in [3.05, 3.63) is 18.7 Å². The van der Waals surface area contributed by atoms with E-state index in [1.54, 1.807) is 30.3 Å². The van der Waals surface area contributed by atoms with Crippen LogP contribution in [0.5, 0.6) is 0 Å². The van der Waals surface area contributed by atoms with Crippen LogP contribution in [-0.2, 0) is 4.74 Å². The molecule has 8 heteroatoms. The third-order valence-corrected chi connectivity index (χ3v) is 3.50. The van der Waals surface area contributed by atoms with E-state index in [0.29, 0.717) is 24.4 Å². The molecular weight excluding hydrogens is 270 g/mol. The average molecular weight is 289 g/mol. The smallest absolute Gasteiger partial charge is 0.241 e. The Kier molecular flexibility index (Phi) is 3.70. The number of ether oxygens (including phenoxy) is 1. The molecule has 21 heavy (non-hydrogen) atoms. The van der Waals surface area contributed by atoms with Gasteiger partial charge in [0.2, 0.25) is 17.8 Å². The molecule has 3 rings (SSSR count). The number of hydrogen-bond donors (Lipinski definition) is 2. The van der Waals surface area contributed by atoms with E-state index in [4.69, 9.17) is 4.74 Å². The number of hydrogen-bond acceptors (Lipinski definition) is 7. The Morgan fingerprint density at radius 1 is 1.33 bits per heavy atom. The Morgan fingerprint density at radius 3 is 2.86 bits per heavy atom. The van der Waals surface area contributed by atoms with Crippen LogP contribution in [0.25, 0.3) is 5.95 Å². The highest BCUT2D eigenvalue weighted by atomic mass is 16.5. The molecule has 1 fully saturated rings. The van der Waals surface area contributed by atoms with E-state index in [1.807, 2.05) is 0 Å². The second-order valence-electron chi connectivity index (χ2n) is 5.26. The van der Waals surface area contributed by atoms with Crippen LogP contribution < -0.4 is 10.6 Å². The fourth-order valence-corrected chi connectivity index (χ4v) is 2.29. The molecular formula is C13H19N7O. The van der Waals surface area contributed by atoms with Crippen LogP contribution in [0.4, 0.5) is 11.9 Å². The van der Waals surface area contributed by atoms with Crippen molar-refractivity contribution in [3.8, 4) is 5.95 Å². The van der Waals surface area contributed by atoms with Crippen molar-refractivity contribution in [2.24, 2.45) is 0 Å². The maximum atomic E-state index is 5.76. The van der Waals surface area contributed by atoms with Gasteiger partial charge in [-0.05, 0) is 19.8 Å². The Labute approximate surface area is 123 Å². The molecule has 2 N–H and O–H groups in total. The van der Waals surface area contributed by atoms with Crippen LogP contribution in [0.1, 0.15) is 19.8 Å². The molecule has 3 heterocycles. The van der Waals surface area contributed by atoms with E-state index >= 15 is 0 Å². The predicted octanol–water partition coefficient (Wildman–Crippen LogP) is 1.08. The minimum Gasteiger partial charge on any atom is -0.373 e. The summed E-state index contributed by atoms with van der Waals surface area (Å²) in [4.78, 5) is 17.0. The number of aromatic nitrogens is 5. The van der Waals surface area contributed by atoms with Crippen LogP contribution in [0, 0.1) is 0 Å². The molecule has 0 saturated carbocycles. The van der Waals surface area contributed by atoms with Crippen molar-refractivity contribution in [3.63, 3.8) is 0 Å². The second kappa shape index (κ2) is 5.65. The van der Waals surface area contributed by atoms with Crippen LogP contribution >= 0.6 is 0 Å². The summed E-state index contributed by atoms with van der Waals surface area (Å²) >= 11 is 0. The largest absolute Gasteiger partial charge is 0.373 e. The first-order chi connectivity index (χ1) is 10.2. The van der Waals surface area contributed by atoms with Gasteiger partial charge in [-0.15, -0.1) is 0 Å². The monoisotopic (exact) mass is 289 g/mol. The summed E-state index contributed by atoms with van der Waals surface area (Å²) in [7, 11) is 1.78. The Bertz CT molecular complexity index is 593. The molecule has 1 aliphatic rings. The summed E-state index contributed by atoms with van der Waals surface area (Å²) in [6.45, 7) is 3.59. The second-order valence-corrected chi connectivity index (χ2v) is 5.26. The first kappa shape index (κ1) is 13.7. The van der Waals surface area contributed by atoms with Crippen molar-refractivity contribution in [2.45, 2.75) is 25.4 Å². The van der Waals surface area contributed by atoms with Gasteiger partial charge in [0.05, 0.1) is 5.60 Å². The van der Waals surface area contributed by atoms with Gasteiger partial charge in [0.1, 0.15) is 6.33 Å². The first-order valence-corrected chi connectivity index (χ1v) is 6.98. The zero-order chi connectivity index (χ0) is 14.7. The zero-order valence-corrected chi connectivity index (χ0v) is 12.2. The van der Waals surface area contributed by atoms with Gasteiger partial charge < -0.3 is 15.4 Å². The lowest BCUT2D eigenvalue weighted by Gasteiger charge is -2.23. The van der Waals surface area contributed by atoms with Crippen LogP contribution in [-0.4, -0.2) is 50.3 Å². The number of anilines is 2. The molecule has 0 spiro atoms. The van der Waals surface area contributed by atoms with E-state index in [1.165, 1.54) is 0 Å². The van der Waals surface area contributed by atoms with E-state index in [2.05, 4.69) is 37.5 Å². The number of imidazole rings is 1. The molecule has 1 aliphatic heterocycles. The summed E-state index contributed by atoms with van der Waals surface area (Å²) in [5, 5.41) is 6.18. The summed E-state index contributed by atoms with van der Waals surface area (Å²) in [6, 6.07) is 0. The van der Waals surface area contributed by atoms with E-state index in [0.717, 1.165) is 19.4 Å². The maximum Gasteiger partial charge on any atom is 0.241 e. The van der Waals surface area contributed by atoms with E-state index in [-0.39, 0.29) is 5.60 Å². The minimum atomic E-state index is -0.151. The zero-order valence-electron chi connectivity index (χ0n) is 12.2. The first-order valence-electron chi connectivity index (χ1n) is 6.98. The standard InChI is InChI=1S/C13H19N7O/c1-13(4-3-7-21-13)8-16-11-17-10(14-2)18-12(19-11)20-6-5-15-9-20/h5-6,9H,3-4,7-8H2,1-2H3,(H2,14,16,17,18,19). The van der Waals surface area contributed by atoms with Crippen LogP contribution in [0.15, 0.2) is 18.7 Å². The quantitative estimate of drug-likeness (QED) is 0.851. The van der Waals surface area contributed by atoms with Crippen molar-refractivity contribution in [1.82, 2.24) is 24.5 Å². The number of rotatable bonds is 5. The molecule has 1 unspecified atom stereocenters. The molecule has 1 atom stereocenters. The summed E-state index contributed by atoms with van der Waals surface area (Å²) in [5.41, 5.74) is -0.151. The average Bonchev–Trinajstić information content (AvgIpc) is 3.17. The van der Waals surface area contributed by atoms with Gasteiger partial charge in [-0.1, -0.05) is 0 Å². The molecule has 1 saturated heterocycles. The fourth-order valence-electron chi connectivity index (χ4n) is 2.29. The Hall–Kier alpha value is -2.22. The third-order valence-electron chi connectivity index (χ3n) is 3.50. The Morgan fingerprint density at radius 2 is 2.19 bits per heavy atom. The van der Waals surface area contributed by atoms with Gasteiger partial charge >= 0.3 is 0 Å². The third kappa shape index (κ3) is 3.10. The SMILES string of the molecule is CNc1nc(NCC2(C)CCCO2)nc(-n2ccnc2)n1. The van der Waals surface area contributed by atoms with Gasteiger partial charge in [-0.2, -0.15) is 15.0 Å². The van der Waals surface area contributed by atoms with Crippen molar-refractivity contribution >= 4 is 11.9 Å². The molecule has 112 valence electrons. The molecule has 2 aromatic heterocycles. The molecule has 2 aromatic rings. The minimum absolute atomic E-state index is 0.151. The lowest BCUT2D eigenvalue weighted by atomic mass is 10.0. The lowest BCUT2D eigenvalue weighted by molar-refractivity contribution is 0.0314. The highest BCUT2D eigenvalue weighted by Gasteiger charge is 2.29. The van der Waals surface area contributed by atoms with Gasteiger partial charge in [0.25, 0.3) is 0 Å². The van der Waals surface area contributed by atoms with Gasteiger partial charge in [0.15, 0.2) is 0 Å². The predicted molar refractivity (Wildman–Crippen MR) is 78.6 cm³/mol. The summed E-state index contributed by atoms with van der Waals surface area (Å²) < 4.78 is 7.49. The molecule has 0 aromatic carbocycles. The summed E-state index contributed by atoms with van der Waals surface area (Å²) in [6.07, 6.45) is 7.26.